The Balaban J connectivity index is 1.75. The number of carbonyl (C=O) groups excluding carboxylic acids is 1. The number of aryl methyl sites for hydroxylation is 1. The Bertz CT molecular complexity index is 1010. The van der Waals surface area contributed by atoms with Crippen LogP contribution in [0.5, 0.6) is 17.2 Å². The normalized spacial score (nSPS) is 10.6. The molecule has 0 saturated heterocycles. The van der Waals surface area contributed by atoms with Gasteiger partial charge in [0.1, 0.15) is 22.8 Å². The van der Waals surface area contributed by atoms with Crippen molar-refractivity contribution >= 4 is 34.3 Å². The molecular weight excluding hydrogens is 376 g/mol. The van der Waals surface area contributed by atoms with E-state index in [2.05, 4.69) is 10.3 Å². The number of anilines is 1. The molecule has 0 aliphatic heterocycles. The van der Waals surface area contributed by atoms with E-state index in [0.29, 0.717) is 22.9 Å². The van der Waals surface area contributed by atoms with Gasteiger partial charge < -0.3 is 19.5 Å². The van der Waals surface area contributed by atoms with Crippen LogP contribution in [0.3, 0.4) is 0 Å². The molecule has 1 amide bonds. The van der Waals surface area contributed by atoms with Gasteiger partial charge in [0, 0.05) is 11.5 Å². The lowest BCUT2D eigenvalue weighted by molar-refractivity contribution is -0.113. The number of fused-ring (bicyclic) bond motifs is 1. The average Bonchev–Trinajstić information content (AvgIpc) is 2.71. The number of benzene rings is 2. The number of ether oxygens (including phenoxy) is 3. The molecule has 7 heteroatoms. The van der Waals surface area contributed by atoms with Crippen LogP contribution in [0.25, 0.3) is 10.9 Å². The first-order valence-electron chi connectivity index (χ1n) is 8.64. The van der Waals surface area contributed by atoms with E-state index < -0.39 is 0 Å². The summed E-state index contributed by atoms with van der Waals surface area (Å²) in [4.78, 5) is 17.1. The summed E-state index contributed by atoms with van der Waals surface area (Å²) >= 11 is 1.37. The zero-order valence-electron chi connectivity index (χ0n) is 16.2. The summed E-state index contributed by atoms with van der Waals surface area (Å²) in [7, 11) is 4.76. The monoisotopic (exact) mass is 398 g/mol. The third-order valence-corrected chi connectivity index (χ3v) is 5.15. The van der Waals surface area contributed by atoms with Crippen LogP contribution >= 0.6 is 11.8 Å². The van der Waals surface area contributed by atoms with Crippen molar-refractivity contribution in [3.63, 3.8) is 0 Å². The second kappa shape index (κ2) is 8.84. The number of nitrogens with zero attached hydrogens (tertiary/aromatic N) is 1. The lowest BCUT2D eigenvalue weighted by Gasteiger charge is -2.12. The van der Waals surface area contributed by atoms with Crippen LogP contribution < -0.4 is 19.5 Å². The first-order valence-corrected chi connectivity index (χ1v) is 9.63. The summed E-state index contributed by atoms with van der Waals surface area (Å²) in [5.41, 5.74) is 2.44. The first-order chi connectivity index (χ1) is 13.5. The lowest BCUT2D eigenvalue weighted by atomic mass is 10.1. The van der Waals surface area contributed by atoms with Crippen LogP contribution in [0.2, 0.25) is 0 Å². The average molecular weight is 398 g/mol. The van der Waals surface area contributed by atoms with E-state index in [4.69, 9.17) is 14.2 Å². The standard InChI is InChI=1S/C21H22N2O4S/c1-13-10-20(23-21-15(13)6-5-7-18(21)27-4)28-12-19(24)22-16-11-14(25-2)8-9-17(16)26-3/h5-11H,12H2,1-4H3,(H,22,24). The van der Waals surface area contributed by atoms with Gasteiger partial charge in [0.15, 0.2) is 0 Å². The van der Waals surface area contributed by atoms with Gasteiger partial charge in [-0.2, -0.15) is 0 Å². The van der Waals surface area contributed by atoms with Crippen molar-refractivity contribution in [2.75, 3.05) is 32.4 Å². The van der Waals surface area contributed by atoms with Crippen LogP contribution in [0, 0.1) is 6.92 Å². The highest BCUT2D eigenvalue weighted by atomic mass is 32.2. The van der Waals surface area contributed by atoms with Crippen LogP contribution in [-0.4, -0.2) is 38.0 Å². The molecule has 0 radical (unpaired) electrons. The molecular formula is C21H22N2O4S. The summed E-state index contributed by atoms with van der Waals surface area (Å²) < 4.78 is 15.9. The number of rotatable bonds is 7. The van der Waals surface area contributed by atoms with Crippen molar-refractivity contribution in [1.82, 2.24) is 4.98 Å². The largest absolute Gasteiger partial charge is 0.497 e. The Hall–Kier alpha value is -2.93. The minimum absolute atomic E-state index is 0.156. The Labute approximate surface area is 168 Å². The fourth-order valence-corrected chi connectivity index (χ4v) is 3.60. The number of pyridine rings is 1. The van der Waals surface area contributed by atoms with E-state index in [1.54, 1.807) is 39.5 Å². The second-order valence-electron chi connectivity index (χ2n) is 6.04. The minimum Gasteiger partial charge on any atom is -0.497 e. The molecule has 0 unspecified atom stereocenters. The number of aromatic nitrogens is 1. The molecule has 1 heterocycles. The SMILES string of the molecule is COc1ccc(OC)c(NC(=O)CSc2cc(C)c3cccc(OC)c3n2)c1. The van der Waals surface area contributed by atoms with E-state index >= 15 is 0 Å². The number of amides is 1. The maximum absolute atomic E-state index is 12.4. The van der Waals surface area contributed by atoms with Gasteiger partial charge in [0.05, 0.1) is 37.8 Å². The highest BCUT2D eigenvalue weighted by molar-refractivity contribution is 7.99. The van der Waals surface area contributed by atoms with Gasteiger partial charge in [-0.15, -0.1) is 0 Å². The van der Waals surface area contributed by atoms with E-state index in [1.807, 2.05) is 31.2 Å². The number of methoxy groups -OCH3 is 3. The third kappa shape index (κ3) is 4.31. The summed E-state index contributed by atoms with van der Waals surface area (Å²) in [6.45, 7) is 2.02. The number of thioether (sulfide) groups is 1. The van der Waals surface area contributed by atoms with Gasteiger partial charge >= 0.3 is 0 Å². The van der Waals surface area contributed by atoms with Crippen LogP contribution in [0.4, 0.5) is 5.69 Å². The molecule has 1 aromatic heterocycles. The number of nitrogens with one attached hydrogen (secondary N) is 1. The number of hydrogen-bond donors (Lipinski definition) is 1. The van der Waals surface area contributed by atoms with Crippen molar-refractivity contribution in [1.29, 1.82) is 0 Å². The molecule has 0 aliphatic rings. The van der Waals surface area contributed by atoms with E-state index in [0.717, 1.165) is 21.5 Å². The van der Waals surface area contributed by atoms with Crippen molar-refractivity contribution in [2.24, 2.45) is 0 Å². The highest BCUT2D eigenvalue weighted by Crippen LogP contribution is 2.31. The molecule has 0 fully saturated rings. The zero-order chi connectivity index (χ0) is 20.1. The third-order valence-electron chi connectivity index (χ3n) is 4.24. The fraction of sp³-hybridized carbons (Fsp3) is 0.238. The molecule has 2 aromatic carbocycles. The topological polar surface area (TPSA) is 69.7 Å². The molecule has 3 rings (SSSR count). The number of hydrogen-bond acceptors (Lipinski definition) is 6. The summed E-state index contributed by atoms with van der Waals surface area (Å²) in [5, 5.41) is 4.67. The van der Waals surface area contributed by atoms with Gasteiger partial charge in [-0.25, -0.2) is 4.98 Å². The molecule has 0 bridgehead atoms. The van der Waals surface area contributed by atoms with Crippen LogP contribution in [-0.2, 0) is 4.79 Å². The van der Waals surface area contributed by atoms with Crippen molar-refractivity contribution in [2.45, 2.75) is 11.9 Å². The van der Waals surface area contributed by atoms with Crippen LogP contribution in [0.1, 0.15) is 5.56 Å². The molecule has 3 aromatic rings. The Morgan fingerprint density at radius 2 is 1.82 bits per heavy atom. The first kappa shape index (κ1) is 19.8. The van der Waals surface area contributed by atoms with E-state index in [1.165, 1.54) is 11.8 Å². The molecule has 146 valence electrons. The molecule has 0 atom stereocenters. The van der Waals surface area contributed by atoms with Gasteiger partial charge in [-0.3, -0.25) is 4.79 Å². The zero-order valence-corrected chi connectivity index (χ0v) is 17.1. The maximum atomic E-state index is 12.4. The number of para-hydroxylation sites is 1. The molecule has 28 heavy (non-hydrogen) atoms. The predicted molar refractivity (Wildman–Crippen MR) is 112 cm³/mol. The summed E-state index contributed by atoms with van der Waals surface area (Å²) in [5.74, 6) is 1.99. The van der Waals surface area contributed by atoms with Gasteiger partial charge in [-0.05, 0) is 36.8 Å². The van der Waals surface area contributed by atoms with E-state index in [-0.39, 0.29) is 11.7 Å². The summed E-state index contributed by atoms with van der Waals surface area (Å²) in [6, 6.07) is 13.1. The molecule has 0 aliphatic carbocycles. The second-order valence-corrected chi connectivity index (χ2v) is 7.03. The van der Waals surface area contributed by atoms with Gasteiger partial charge in [0.25, 0.3) is 0 Å². The van der Waals surface area contributed by atoms with Crippen molar-refractivity contribution in [3.8, 4) is 17.2 Å². The van der Waals surface area contributed by atoms with Gasteiger partial charge in [0.2, 0.25) is 5.91 Å². The molecule has 0 saturated carbocycles. The highest BCUT2D eigenvalue weighted by Gasteiger charge is 2.12. The molecule has 0 spiro atoms. The quantitative estimate of drug-likeness (QED) is 0.599. The minimum atomic E-state index is -0.156. The Morgan fingerprint density at radius 3 is 2.54 bits per heavy atom. The summed E-state index contributed by atoms with van der Waals surface area (Å²) in [6.07, 6.45) is 0. The van der Waals surface area contributed by atoms with Crippen molar-refractivity contribution < 1.29 is 19.0 Å². The fourth-order valence-electron chi connectivity index (χ4n) is 2.84. The van der Waals surface area contributed by atoms with Crippen LogP contribution in [0.15, 0.2) is 47.5 Å². The number of carbonyl (C=O) groups is 1. The molecule has 6 nitrogen and oxygen atoms in total. The smallest absolute Gasteiger partial charge is 0.234 e. The van der Waals surface area contributed by atoms with E-state index in [9.17, 15) is 4.79 Å². The predicted octanol–water partition coefficient (Wildman–Crippen LogP) is 4.30. The Morgan fingerprint density at radius 1 is 1.04 bits per heavy atom. The lowest BCUT2D eigenvalue weighted by Crippen LogP contribution is -2.15. The maximum Gasteiger partial charge on any atom is 0.234 e. The molecule has 1 N–H and O–H groups in total. The Kier molecular flexibility index (Phi) is 6.26. The van der Waals surface area contributed by atoms with Gasteiger partial charge in [-0.1, -0.05) is 23.9 Å². The van der Waals surface area contributed by atoms with Crippen molar-refractivity contribution in [3.05, 3.63) is 48.0 Å².